The van der Waals surface area contributed by atoms with Gasteiger partial charge in [-0.2, -0.15) is 4.31 Å². The zero-order valence-electron chi connectivity index (χ0n) is 15.9. The molecule has 1 N–H and O–H groups in total. The zero-order chi connectivity index (χ0) is 20.9. The number of carbonyl (C=O) groups is 1. The second-order valence-corrected chi connectivity index (χ2v) is 9.00. The van der Waals surface area contributed by atoms with Gasteiger partial charge >= 0.3 is 0 Å². The minimum Gasteiger partial charge on any atom is -0.325 e. The van der Waals surface area contributed by atoms with E-state index in [-0.39, 0.29) is 18.0 Å². The molecular formula is C22H21ClN2O3S. The summed E-state index contributed by atoms with van der Waals surface area (Å²) in [5, 5.41) is 3.21. The molecule has 0 fully saturated rings. The first kappa shape index (κ1) is 21.0. The molecule has 0 unspecified atom stereocenters. The lowest BCUT2D eigenvalue weighted by Gasteiger charge is -2.22. The molecule has 0 bridgehead atoms. The van der Waals surface area contributed by atoms with Crippen molar-refractivity contribution in [3.8, 4) is 0 Å². The van der Waals surface area contributed by atoms with Crippen LogP contribution in [0.5, 0.6) is 0 Å². The summed E-state index contributed by atoms with van der Waals surface area (Å²) in [4.78, 5) is 12.7. The molecule has 1 amide bonds. The molecule has 0 saturated heterocycles. The van der Waals surface area contributed by atoms with Crippen LogP contribution >= 0.6 is 11.6 Å². The highest BCUT2D eigenvalue weighted by atomic mass is 35.5. The predicted molar refractivity (Wildman–Crippen MR) is 115 cm³/mol. The van der Waals surface area contributed by atoms with Gasteiger partial charge in [-0.1, -0.05) is 54.1 Å². The van der Waals surface area contributed by atoms with E-state index in [9.17, 15) is 13.2 Å². The Labute approximate surface area is 176 Å². The van der Waals surface area contributed by atoms with Crippen LogP contribution < -0.4 is 5.32 Å². The van der Waals surface area contributed by atoms with Gasteiger partial charge in [0.25, 0.3) is 0 Å². The Morgan fingerprint density at radius 2 is 1.66 bits per heavy atom. The maximum absolute atomic E-state index is 13.2. The number of nitrogens with zero attached hydrogens (tertiary/aromatic N) is 1. The maximum atomic E-state index is 13.2. The molecule has 0 spiro atoms. The SMILES string of the molecule is Cc1cccc(NC(=O)CN(Cc2ccccc2)S(=O)(=O)c2ccc(Cl)cc2)c1. The number of aryl methyl sites for hydroxylation is 1. The van der Waals surface area contributed by atoms with Crippen LogP contribution in [0, 0.1) is 6.92 Å². The van der Waals surface area contributed by atoms with Crippen molar-refractivity contribution >= 4 is 33.2 Å². The van der Waals surface area contributed by atoms with Crippen LogP contribution in [0.3, 0.4) is 0 Å². The fourth-order valence-electron chi connectivity index (χ4n) is 2.85. The van der Waals surface area contributed by atoms with Crippen LogP contribution in [0.4, 0.5) is 5.69 Å². The molecule has 0 aliphatic heterocycles. The van der Waals surface area contributed by atoms with Gasteiger partial charge in [-0.25, -0.2) is 8.42 Å². The number of nitrogens with one attached hydrogen (secondary N) is 1. The van der Waals surface area contributed by atoms with E-state index < -0.39 is 15.9 Å². The van der Waals surface area contributed by atoms with Crippen LogP contribution in [-0.4, -0.2) is 25.2 Å². The fraction of sp³-hybridized carbons (Fsp3) is 0.136. The predicted octanol–water partition coefficient (Wildman–Crippen LogP) is 4.48. The minimum absolute atomic E-state index is 0.0764. The van der Waals surface area contributed by atoms with Crippen LogP contribution in [0.15, 0.2) is 83.8 Å². The Hall–Kier alpha value is -2.67. The molecule has 5 nitrogen and oxygen atoms in total. The molecule has 0 saturated carbocycles. The quantitative estimate of drug-likeness (QED) is 0.603. The van der Waals surface area contributed by atoms with Crippen molar-refractivity contribution < 1.29 is 13.2 Å². The topological polar surface area (TPSA) is 66.5 Å². The number of amides is 1. The van der Waals surface area contributed by atoms with Gasteiger partial charge in [0.1, 0.15) is 0 Å². The molecule has 3 aromatic carbocycles. The van der Waals surface area contributed by atoms with Crippen molar-refractivity contribution in [2.24, 2.45) is 0 Å². The van der Waals surface area contributed by atoms with E-state index in [0.29, 0.717) is 10.7 Å². The number of hydrogen-bond acceptors (Lipinski definition) is 3. The van der Waals surface area contributed by atoms with Gasteiger partial charge in [-0.05, 0) is 54.4 Å². The molecular weight excluding hydrogens is 408 g/mol. The first-order valence-electron chi connectivity index (χ1n) is 9.01. The molecule has 0 radical (unpaired) electrons. The molecule has 0 atom stereocenters. The van der Waals surface area contributed by atoms with Crippen molar-refractivity contribution in [2.75, 3.05) is 11.9 Å². The van der Waals surface area contributed by atoms with E-state index >= 15 is 0 Å². The van der Waals surface area contributed by atoms with E-state index in [0.717, 1.165) is 15.4 Å². The van der Waals surface area contributed by atoms with Crippen LogP contribution in [0.1, 0.15) is 11.1 Å². The molecule has 3 aromatic rings. The van der Waals surface area contributed by atoms with Crippen molar-refractivity contribution in [2.45, 2.75) is 18.4 Å². The lowest BCUT2D eigenvalue weighted by Crippen LogP contribution is -2.37. The summed E-state index contributed by atoms with van der Waals surface area (Å²) < 4.78 is 27.5. The van der Waals surface area contributed by atoms with Gasteiger partial charge in [0.2, 0.25) is 15.9 Å². The molecule has 7 heteroatoms. The van der Waals surface area contributed by atoms with Gasteiger partial charge in [0.15, 0.2) is 0 Å². The van der Waals surface area contributed by atoms with Gasteiger partial charge in [0.05, 0.1) is 11.4 Å². The number of carbonyl (C=O) groups excluding carboxylic acids is 1. The Kier molecular flexibility index (Phi) is 6.69. The zero-order valence-corrected chi connectivity index (χ0v) is 17.5. The molecule has 0 aliphatic carbocycles. The van der Waals surface area contributed by atoms with E-state index in [2.05, 4.69) is 5.32 Å². The molecule has 150 valence electrons. The fourth-order valence-corrected chi connectivity index (χ4v) is 4.36. The number of rotatable bonds is 7. The number of anilines is 1. The lowest BCUT2D eigenvalue weighted by atomic mass is 10.2. The van der Waals surface area contributed by atoms with Gasteiger partial charge in [-0.15, -0.1) is 0 Å². The molecule has 0 aliphatic rings. The number of halogens is 1. The van der Waals surface area contributed by atoms with E-state index in [1.807, 2.05) is 55.5 Å². The molecule has 0 heterocycles. The third kappa shape index (κ3) is 5.67. The Balaban J connectivity index is 1.86. The second kappa shape index (κ2) is 9.22. The Morgan fingerprint density at radius 1 is 0.966 bits per heavy atom. The largest absolute Gasteiger partial charge is 0.325 e. The van der Waals surface area contributed by atoms with Crippen molar-refractivity contribution in [1.29, 1.82) is 0 Å². The van der Waals surface area contributed by atoms with E-state index in [1.165, 1.54) is 24.3 Å². The average molecular weight is 429 g/mol. The van der Waals surface area contributed by atoms with Crippen molar-refractivity contribution in [1.82, 2.24) is 4.31 Å². The highest BCUT2D eigenvalue weighted by Crippen LogP contribution is 2.21. The van der Waals surface area contributed by atoms with Crippen LogP contribution in [-0.2, 0) is 21.4 Å². The van der Waals surface area contributed by atoms with Crippen LogP contribution in [0.25, 0.3) is 0 Å². The summed E-state index contributed by atoms with van der Waals surface area (Å²) in [5.41, 5.74) is 2.41. The number of hydrogen-bond donors (Lipinski definition) is 1. The maximum Gasteiger partial charge on any atom is 0.243 e. The monoisotopic (exact) mass is 428 g/mol. The average Bonchev–Trinajstić information content (AvgIpc) is 2.68. The van der Waals surface area contributed by atoms with E-state index in [1.54, 1.807) is 6.07 Å². The van der Waals surface area contributed by atoms with Crippen molar-refractivity contribution in [3.05, 3.63) is 95.0 Å². The minimum atomic E-state index is -3.90. The van der Waals surface area contributed by atoms with Gasteiger partial charge in [-0.3, -0.25) is 4.79 Å². The second-order valence-electron chi connectivity index (χ2n) is 6.63. The number of sulfonamides is 1. The summed E-state index contributed by atoms with van der Waals surface area (Å²) >= 11 is 5.89. The summed E-state index contributed by atoms with van der Waals surface area (Å²) in [6, 6.07) is 22.4. The van der Waals surface area contributed by atoms with Gasteiger partial charge < -0.3 is 5.32 Å². The molecule has 3 rings (SSSR count). The highest BCUT2D eigenvalue weighted by molar-refractivity contribution is 7.89. The lowest BCUT2D eigenvalue weighted by molar-refractivity contribution is -0.116. The highest BCUT2D eigenvalue weighted by Gasteiger charge is 2.27. The summed E-state index contributed by atoms with van der Waals surface area (Å²) in [6.07, 6.45) is 0. The number of benzene rings is 3. The Bertz CT molecular complexity index is 1080. The summed E-state index contributed by atoms with van der Waals surface area (Å²) in [7, 11) is -3.90. The third-order valence-electron chi connectivity index (χ3n) is 4.27. The Morgan fingerprint density at radius 3 is 2.31 bits per heavy atom. The molecule has 0 aromatic heterocycles. The van der Waals surface area contributed by atoms with Crippen molar-refractivity contribution in [3.63, 3.8) is 0 Å². The summed E-state index contributed by atoms with van der Waals surface area (Å²) in [6.45, 7) is 1.68. The van der Waals surface area contributed by atoms with Crippen LogP contribution in [0.2, 0.25) is 5.02 Å². The summed E-state index contributed by atoms with van der Waals surface area (Å²) in [5.74, 6) is -0.413. The third-order valence-corrected chi connectivity index (χ3v) is 6.33. The standard InChI is InChI=1S/C22H21ClN2O3S/c1-17-6-5-9-20(14-17)24-22(26)16-25(15-18-7-3-2-4-8-18)29(27,28)21-12-10-19(23)11-13-21/h2-14H,15-16H2,1H3,(H,24,26). The first-order chi connectivity index (χ1) is 13.8. The smallest absolute Gasteiger partial charge is 0.243 e. The first-order valence-corrected chi connectivity index (χ1v) is 10.8. The van der Waals surface area contributed by atoms with E-state index in [4.69, 9.17) is 11.6 Å². The molecule has 29 heavy (non-hydrogen) atoms. The van der Waals surface area contributed by atoms with Gasteiger partial charge in [0, 0.05) is 17.3 Å². The normalized spacial score (nSPS) is 11.4.